The van der Waals surface area contributed by atoms with Crippen molar-refractivity contribution in [1.29, 1.82) is 0 Å². The number of hydrogen-bond acceptors (Lipinski definition) is 6. The molecule has 0 spiro atoms. The molecule has 0 bridgehead atoms. The van der Waals surface area contributed by atoms with Crippen molar-refractivity contribution in [1.82, 2.24) is 5.32 Å². The molecule has 112 valence electrons. The Balaban J connectivity index is 0.00000200. The number of nitro benzene ring substituents is 1. The molecule has 0 aliphatic carbocycles. The van der Waals surface area contributed by atoms with E-state index in [0.717, 1.165) is 25.4 Å². The highest BCUT2D eigenvalue weighted by molar-refractivity contribution is 7.90. The summed E-state index contributed by atoms with van der Waals surface area (Å²) in [6, 6.07) is 4.06. The maximum absolute atomic E-state index is 11.4. The van der Waals surface area contributed by atoms with Crippen molar-refractivity contribution in [2.45, 2.75) is 4.90 Å². The minimum Gasteiger partial charge on any atom is -0.363 e. The van der Waals surface area contributed by atoms with E-state index in [9.17, 15) is 18.5 Å². The van der Waals surface area contributed by atoms with Crippen molar-refractivity contribution in [3.63, 3.8) is 0 Å². The zero-order chi connectivity index (χ0) is 14.0. The summed E-state index contributed by atoms with van der Waals surface area (Å²) in [6.07, 6.45) is 1.04. The van der Waals surface area contributed by atoms with Gasteiger partial charge in [0.15, 0.2) is 9.84 Å². The van der Waals surface area contributed by atoms with Gasteiger partial charge >= 0.3 is 0 Å². The van der Waals surface area contributed by atoms with Crippen LogP contribution in [0, 0.1) is 10.1 Å². The highest BCUT2D eigenvalue weighted by Crippen LogP contribution is 2.30. The van der Waals surface area contributed by atoms with Crippen molar-refractivity contribution in [2.75, 3.05) is 37.3 Å². The Hall–Kier alpha value is -1.38. The zero-order valence-electron chi connectivity index (χ0n) is 10.9. The van der Waals surface area contributed by atoms with Crippen LogP contribution in [0.2, 0.25) is 0 Å². The quantitative estimate of drug-likeness (QED) is 0.655. The minimum atomic E-state index is -3.44. The fraction of sp³-hybridized carbons (Fsp3) is 0.455. The number of hydrogen-bond donors (Lipinski definition) is 1. The molecule has 1 saturated heterocycles. The standard InChI is InChI=1S/C11H15N3O4S.ClH/c1-19(17,18)9-2-3-10(11(8-9)14(15)16)13-6-4-12-5-7-13;/h2-3,8,12H,4-7H2,1H3;1H. The molecule has 0 radical (unpaired) electrons. The van der Waals surface area contributed by atoms with Crippen LogP contribution in [0.15, 0.2) is 23.1 Å². The average Bonchev–Trinajstić information content (AvgIpc) is 2.38. The molecule has 2 rings (SSSR count). The van der Waals surface area contributed by atoms with E-state index in [1.165, 1.54) is 12.1 Å². The van der Waals surface area contributed by atoms with E-state index in [0.29, 0.717) is 18.8 Å². The molecule has 1 aromatic rings. The Bertz CT molecular complexity index is 600. The van der Waals surface area contributed by atoms with Gasteiger partial charge in [0.2, 0.25) is 0 Å². The Morgan fingerprint density at radius 2 is 1.90 bits per heavy atom. The maximum Gasteiger partial charge on any atom is 0.293 e. The van der Waals surface area contributed by atoms with Crippen LogP contribution in [-0.4, -0.2) is 45.8 Å². The Morgan fingerprint density at radius 3 is 2.40 bits per heavy atom. The number of piperazine rings is 1. The van der Waals surface area contributed by atoms with Gasteiger partial charge in [-0.05, 0) is 12.1 Å². The molecular weight excluding hydrogens is 306 g/mol. The van der Waals surface area contributed by atoms with Crippen LogP contribution in [-0.2, 0) is 9.84 Å². The molecule has 0 aromatic heterocycles. The van der Waals surface area contributed by atoms with Gasteiger partial charge in [0, 0.05) is 38.5 Å². The molecule has 7 nitrogen and oxygen atoms in total. The summed E-state index contributed by atoms with van der Waals surface area (Å²) < 4.78 is 22.9. The molecule has 1 N–H and O–H groups in total. The van der Waals surface area contributed by atoms with Crippen molar-refractivity contribution < 1.29 is 13.3 Å². The molecule has 0 unspecified atom stereocenters. The second-order valence-corrected chi connectivity index (χ2v) is 6.43. The first-order valence-corrected chi connectivity index (χ1v) is 7.73. The Morgan fingerprint density at radius 1 is 1.30 bits per heavy atom. The lowest BCUT2D eigenvalue weighted by Gasteiger charge is -2.29. The van der Waals surface area contributed by atoms with Gasteiger partial charge < -0.3 is 10.2 Å². The number of halogens is 1. The van der Waals surface area contributed by atoms with Crippen molar-refractivity contribution in [3.05, 3.63) is 28.3 Å². The van der Waals surface area contributed by atoms with E-state index in [1.807, 2.05) is 4.90 Å². The van der Waals surface area contributed by atoms with Crippen LogP contribution in [0.25, 0.3) is 0 Å². The summed E-state index contributed by atoms with van der Waals surface area (Å²) in [7, 11) is -3.44. The van der Waals surface area contributed by atoms with Gasteiger partial charge in [0.25, 0.3) is 5.69 Å². The smallest absolute Gasteiger partial charge is 0.293 e. The average molecular weight is 322 g/mol. The van der Waals surface area contributed by atoms with Crippen LogP contribution in [0.3, 0.4) is 0 Å². The first-order chi connectivity index (χ1) is 8.89. The number of nitro groups is 1. The molecule has 0 amide bonds. The predicted octanol–water partition coefficient (Wildman–Crippen LogP) is 0.830. The number of anilines is 1. The van der Waals surface area contributed by atoms with E-state index in [2.05, 4.69) is 5.32 Å². The van der Waals surface area contributed by atoms with E-state index in [4.69, 9.17) is 0 Å². The van der Waals surface area contributed by atoms with Crippen molar-refractivity contribution in [3.8, 4) is 0 Å². The third-order valence-corrected chi connectivity index (χ3v) is 4.14. The summed E-state index contributed by atoms with van der Waals surface area (Å²) in [6.45, 7) is 2.84. The Kier molecular flexibility index (Phi) is 5.32. The summed E-state index contributed by atoms with van der Waals surface area (Å²) >= 11 is 0. The molecular formula is C11H16ClN3O4S. The van der Waals surface area contributed by atoms with E-state index in [-0.39, 0.29) is 23.0 Å². The SMILES string of the molecule is CS(=O)(=O)c1ccc(N2CCNCC2)c([N+](=O)[O-])c1.Cl. The van der Waals surface area contributed by atoms with Gasteiger partial charge in [-0.2, -0.15) is 0 Å². The topological polar surface area (TPSA) is 92.6 Å². The largest absolute Gasteiger partial charge is 0.363 e. The van der Waals surface area contributed by atoms with Crippen LogP contribution >= 0.6 is 12.4 Å². The third kappa shape index (κ3) is 3.59. The minimum absolute atomic E-state index is 0. The molecule has 9 heteroatoms. The molecule has 20 heavy (non-hydrogen) atoms. The highest BCUT2D eigenvalue weighted by Gasteiger charge is 2.23. The van der Waals surface area contributed by atoms with Crippen molar-refractivity contribution in [2.24, 2.45) is 0 Å². The van der Waals surface area contributed by atoms with Crippen LogP contribution in [0.5, 0.6) is 0 Å². The van der Waals surface area contributed by atoms with Gasteiger partial charge in [-0.3, -0.25) is 10.1 Å². The fourth-order valence-electron chi connectivity index (χ4n) is 2.05. The summed E-state index contributed by atoms with van der Waals surface area (Å²) in [5.41, 5.74) is 0.309. The molecule has 1 aromatic carbocycles. The summed E-state index contributed by atoms with van der Waals surface area (Å²) in [4.78, 5) is 12.4. The van der Waals surface area contributed by atoms with Gasteiger partial charge in [0.1, 0.15) is 5.69 Å². The van der Waals surface area contributed by atoms with E-state index >= 15 is 0 Å². The number of rotatable bonds is 3. The van der Waals surface area contributed by atoms with Gasteiger partial charge in [-0.15, -0.1) is 12.4 Å². The summed E-state index contributed by atoms with van der Waals surface area (Å²) in [5.74, 6) is 0. The molecule has 1 fully saturated rings. The molecule has 1 aliphatic rings. The second-order valence-electron chi connectivity index (χ2n) is 4.42. The number of sulfone groups is 1. The van der Waals surface area contributed by atoms with Crippen LogP contribution < -0.4 is 10.2 Å². The zero-order valence-corrected chi connectivity index (χ0v) is 12.5. The second kappa shape index (κ2) is 6.38. The predicted molar refractivity (Wildman–Crippen MR) is 78.5 cm³/mol. The fourth-order valence-corrected chi connectivity index (χ4v) is 2.69. The number of nitrogens with zero attached hydrogens (tertiary/aromatic N) is 2. The van der Waals surface area contributed by atoms with Crippen molar-refractivity contribution >= 4 is 33.6 Å². The lowest BCUT2D eigenvalue weighted by atomic mass is 10.2. The Labute approximate surface area is 123 Å². The maximum atomic E-state index is 11.4. The lowest BCUT2D eigenvalue weighted by molar-refractivity contribution is -0.384. The van der Waals surface area contributed by atoms with Gasteiger partial charge in [0.05, 0.1) is 9.82 Å². The third-order valence-electron chi connectivity index (χ3n) is 3.03. The molecule has 0 saturated carbocycles. The van der Waals surface area contributed by atoms with Gasteiger partial charge in [-0.25, -0.2) is 8.42 Å². The normalized spacial score (nSPS) is 15.6. The summed E-state index contributed by atoms with van der Waals surface area (Å²) in [5, 5.41) is 14.3. The molecule has 1 heterocycles. The van der Waals surface area contributed by atoms with Crippen LogP contribution in [0.4, 0.5) is 11.4 Å². The number of benzene rings is 1. The first kappa shape index (κ1) is 16.7. The molecule has 1 aliphatic heterocycles. The first-order valence-electron chi connectivity index (χ1n) is 5.84. The van der Waals surface area contributed by atoms with E-state index in [1.54, 1.807) is 0 Å². The monoisotopic (exact) mass is 321 g/mol. The van der Waals surface area contributed by atoms with E-state index < -0.39 is 14.8 Å². The number of nitrogens with one attached hydrogen (secondary N) is 1. The molecule has 0 atom stereocenters. The van der Waals surface area contributed by atoms with Gasteiger partial charge in [-0.1, -0.05) is 0 Å². The highest BCUT2D eigenvalue weighted by atomic mass is 35.5. The lowest BCUT2D eigenvalue weighted by Crippen LogP contribution is -2.43. The van der Waals surface area contributed by atoms with Crippen LogP contribution in [0.1, 0.15) is 0 Å².